The number of amides is 1. The van der Waals surface area contributed by atoms with E-state index < -0.39 is 4.92 Å². The average molecular weight is 286 g/mol. The Hall–Kier alpha value is -2.70. The van der Waals surface area contributed by atoms with Crippen LogP contribution in [0.3, 0.4) is 0 Å². The lowest BCUT2D eigenvalue weighted by Gasteiger charge is -2.21. The molecule has 1 aromatic heterocycles. The van der Waals surface area contributed by atoms with Crippen LogP contribution in [0.25, 0.3) is 0 Å². The van der Waals surface area contributed by atoms with Gasteiger partial charge in [0.2, 0.25) is 0 Å². The quantitative estimate of drug-likeness (QED) is 0.636. The first-order valence-electron chi connectivity index (χ1n) is 6.64. The predicted octanol–water partition coefficient (Wildman–Crippen LogP) is 1.77. The highest BCUT2D eigenvalue weighted by Crippen LogP contribution is 2.32. The summed E-state index contributed by atoms with van der Waals surface area (Å²) in [5.74, 6) is -0.372. The Morgan fingerprint density at radius 1 is 1.43 bits per heavy atom. The third kappa shape index (κ3) is 2.26. The summed E-state index contributed by atoms with van der Waals surface area (Å²) in [7, 11) is 0. The van der Waals surface area contributed by atoms with Crippen LogP contribution in [0.5, 0.6) is 0 Å². The molecule has 0 saturated carbocycles. The minimum absolute atomic E-state index is 0.0459. The van der Waals surface area contributed by atoms with Crippen molar-refractivity contribution in [1.29, 1.82) is 0 Å². The number of para-hydroxylation sites is 1. The molecule has 0 radical (unpaired) electrons. The Morgan fingerprint density at radius 2 is 2.19 bits per heavy atom. The molecular formula is C14H14N4O3. The molecule has 0 N–H and O–H groups in total. The zero-order chi connectivity index (χ0) is 15.0. The van der Waals surface area contributed by atoms with Crippen molar-refractivity contribution >= 4 is 17.4 Å². The third-order valence-electron chi connectivity index (χ3n) is 3.64. The van der Waals surface area contributed by atoms with E-state index in [9.17, 15) is 14.9 Å². The number of aromatic nitrogens is 2. The molecule has 1 amide bonds. The van der Waals surface area contributed by atoms with Gasteiger partial charge in [0.25, 0.3) is 5.91 Å². The van der Waals surface area contributed by atoms with Crippen LogP contribution < -0.4 is 4.90 Å². The maximum atomic E-state index is 12.5. The van der Waals surface area contributed by atoms with Gasteiger partial charge in [-0.1, -0.05) is 23.3 Å². The topological polar surface area (TPSA) is 81.3 Å². The number of benzene rings is 1. The summed E-state index contributed by atoms with van der Waals surface area (Å²) in [6.45, 7) is 1.83. The summed E-state index contributed by atoms with van der Waals surface area (Å²) >= 11 is 0. The van der Waals surface area contributed by atoms with E-state index in [2.05, 4.69) is 5.10 Å². The molecule has 2 heterocycles. The van der Waals surface area contributed by atoms with Crippen molar-refractivity contribution < 1.29 is 9.72 Å². The molecule has 0 unspecified atom stereocenters. The molecule has 0 spiro atoms. The Morgan fingerprint density at radius 3 is 2.95 bits per heavy atom. The summed E-state index contributed by atoms with van der Waals surface area (Å²) in [6.07, 6.45) is 2.12. The molecule has 1 aliphatic heterocycles. The fraction of sp³-hybridized carbons (Fsp3) is 0.286. The van der Waals surface area contributed by atoms with E-state index in [1.807, 2.05) is 31.2 Å². The zero-order valence-corrected chi connectivity index (χ0v) is 11.5. The molecule has 7 heteroatoms. The van der Waals surface area contributed by atoms with E-state index in [0.29, 0.717) is 0 Å². The number of carbonyl (C=O) groups is 1. The van der Waals surface area contributed by atoms with Gasteiger partial charge in [-0.05, 0) is 29.9 Å². The van der Waals surface area contributed by atoms with E-state index in [0.717, 1.165) is 22.4 Å². The number of carbonyl (C=O) groups excluding carboxylic acids is 1. The molecule has 0 saturated heterocycles. The summed E-state index contributed by atoms with van der Waals surface area (Å²) in [5.41, 5.74) is 2.00. The lowest BCUT2D eigenvalue weighted by Crippen LogP contribution is -2.38. The van der Waals surface area contributed by atoms with Crippen LogP contribution in [0.15, 0.2) is 36.5 Å². The van der Waals surface area contributed by atoms with Gasteiger partial charge in [-0.25, -0.2) is 0 Å². The van der Waals surface area contributed by atoms with E-state index in [-0.39, 0.29) is 24.3 Å². The molecule has 1 aromatic carbocycles. The largest absolute Gasteiger partial charge is 0.358 e. The highest BCUT2D eigenvalue weighted by molar-refractivity contribution is 5.96. The smallest absolute Gasteiger partial charge is 0.345 e. The summed E-state index contributed by atoms with van der Waals surface area (Å²) < 4.78 is 1.12. The molecule has 1 atom stereocenters. The molecule has 0 aliphatic carbocycles. The van der Waals surface area contributed by atoms with Gasteiger partial charge in [-0.2, -0.15) is 0 Å². The summed E-state index contributed by atoms with van der Waals surface area (Å²) in [4.78, 5) is 24.5. The first kappa shape index (κ1) is 13.3. The maximum Gasteiger partial charge on any atom is 0.345 e. The summed E-state index contributed by atoms with van der Waals surface area (Å²) in [6, 6.07) is 9.05. The SMILES string of the molecule is C[C@H]1Cc2ccccc2N1C(=O)Cn1nccc1[N+](=O)[O-]. The first-order chi connectivity index (χ1) is 10.1. The number of nitrogens with zero attached hydrogens (tertiary/aromatic N) is 4. The van der Waals surface area contributed by atoms with Crippen molar-refractivity contribution in [3.8, 4) is 0 Å². The van der Waals surface area contributed by atoms with Crippen LogP contribution in [0.1, 0.15) is 12.5 Å². The molecule has 108 valence electrons. The van der Waals surface area contributed by atoms with E-state index in [1.54, 1.807) is 4.90 Å². The van der Waals surface area contributed by atoms with Gasteiger partial charge in [0, 0.05) is 11.7 Å². The Bertz CT molecular complexity index is 710. The minimum atomic E-state index is -0.540. The first-order valence-corrected chi connectivity index (χ1v) is 6.64. The van der Waals surface area contributed by atoms with Crippen molar-refractivity contribution in [2.45, 2.75) is 25.9 Å². The molecule has 0 bridgehead atoms. The molecule has 3 rings (SSSR count). The lowest BCUT2D eigenvalue weighted by atomic mass is 10.1. The average Bonchev–Trinajstić information content (AvgIpc) is 3.01. The zero-order valence-electron chi connectivity index (χ0n) is 11.5. The van der Waals surface area contributed by atoms with Crippen molar-refractivity contribution in [3.63, 3.8) is 0 Å². The number of rotatable bonds is 3. The second-order valence-corrected chi connectivity index (χ2v) is 5.05. The molecule has 2 aromatic rings. The number of hydrogen-bond acceptors (Lipinski definition) is 4. The van der Waals surface area contributed by atoms with Crippen LogP contribution in [0.2, 0.25) is 0 Å². The van der Waals surface area contributed by atoms with E-state index >= 15 is 0 Å². The van der Waals surface area contributed by atoms with Gasteiger partial charge in [0.1, 0.15) is 0 Å². The normalized spacial score (nSPS) is 16.8. The van der Waals surface area contributed by atoms with Crippen LogP contribution in [0, 0.1) is 10.1 Å². The molecule has 7 nitrogen and oxygen atoms in total. The van der Waals surface area contributed by atoms with Crippen LogP contribution in [-0.2, 0) is 17.8 Å². The highest BCUT2D eigenvalue weighted by atomic mass is 16.6. The van der Waals surface area contributed by atoms with E-state index in [1.165, 1.54) is 12.3 Å². The Kier molecular flexibility index (Phi) is 3.17. The van der Waals surface area contributed by atoms with Crippen molar-refractivity contribution in [3.05, 3.63) is 52.2 Å². The van der Waals surface area contributed by atoms with Gasteiger partial charge in [-0.15, -0.1) is 4.68 Å². The van der Waals surface area contributed by atoms with Crippen LogP contribution in [-0.4, -0.2) is 26.7 Å². The number of fused-ring (bicyclic) bond motifs is 1. The third-order valence-corrected chi connectivity index (χ3v) is 3.64. The van der Waals surface area contributed by atoms with Crippen LogP contribution >= 0.6 is 0 Å². The number of hydrogen-bond donors (Lipinski definition) is 0. The molecule has 0 fully saturated rings. The minimum Gasteiger partial charge on any atom is -0.358 e. The van der Waals surface area contributed by atoms with Gasteiger partial charge >= 0.3 is 5.82 Å². The Labute approximate surface area is 120 Å². The number of nitro groups is 1. The molecule has 21 heavy (non-hydrogen) atoms. The van der Waals surface area contributed by atoms with Crippen molar-refractivity contribution in [1.82, 2.24) is 9.78 Å². The van der Waals surface area contributed by atoms with Crippen molar-refractivity contribution in [2.75, 3.05) is 4.90 Å². The molecule has 1 aliphatic rings. The molecular weight excluding hydrogens is 272 g/mol. The number of anilines is 1. The van der Waals surface area contributed by atoms with Gasteiger partial charge in [0.05, 0.1) is 12.3 Å². The maximum absolute atomic E-state index is 12.5. The fourth-order valence-electron chi connectivity index (χ4n) is 2.75. The van der Waals surface area contributed by atoms with Crippen LogP contribution in [0.4, 0.5) is 11.5 Å². The second-order valence-electron chi connectivity index (χ2n) is 5.05. The fourth-order valence-corrected chi connectivity index (χ4v) is 2.75. The van der Waals surface area contributed by atoms with E-state index in [4.69, 9.17) is 0 Å². The summed E-state index contributed by atoms with van der Waals surface area (Å²) in [5, 5.41) is 14.7. The van der Waals surface area contributed by atoms with Gasteiger partial charge in [0.15, 0.2) is 6.54 Å². The Balaban J connectivity index is 1.86. The second kappa shape index (κ2) is 5.01. The highest BCUT2D eigenvalue weighted by Gasteiger charge is 2.32. The monoisotopic (exact) mass is 286 g/mol. The van der Waals surface area contributed by atoms with Gasteiger partial charge in [-0.3, -0.25) is 4.79 Å². The lowest BCUT2D eigenvalue weighted by molar-refractivity contribution is -0.392. The van der Waals surface area contributed by atoms with Gasteiger partial charge < -0.3 is 15.0 Å². The van der Waals surface area contributed by atoms with Crippen molar-refractivity contribution in [2.24, 2.45) is 0 Å². The predicted molar refractivity (Wildman–Crippen MR) is 76.0 cm³/mol. The standard InChI is InChI=1S/C14H14N4O3/c1-10-8-11-4-2-3-5-12(11)17(10)14(19)9-16-13(18(20)21)6-7-15-16/h2-7,10H,8-9H2,1H3/t10-/m0/s1.